The Morgan fingerprint density at radius 2 is 2.00 bits per heavy atom. The molecular weight excluding hydrogens is 386 g/mol. The molecular formula is C20H23N7O3. The first-order valence-electron chi connectivity index (χ1n) is 9.61. The van der Waals surface area contributed by atoms with Crippen molar-refractivity contribution in [3.63, 3.8) is 0 Å². The van der Waals surface area contributed by atoms with Gasteiger partial charge in [0.25, 0.3) is 0 Å². The largest absolute Gasteiger partial charge is 0.428 e. The zero-order valence-electron chi connectivity index (χ0n) is 16.6. The lowest BCUT2D eigenvalue weighted by molar-refractivity contribution is 0.0291. The van der Waals surface area contributed by atoms with Crippen LogP contribution in [0.3, 0.4) is 0 Å². The van der Waals surface area contributed by atoms with Crippen molar-refractivity contribution in [3.8, 4) is 11.3 Å². The minimum atomic E-state index is -0.372. The number of carbonyl (C=O) groups is 1. The Morgan fingerprint density at radius 1 is 1.20 bits per heavy atom. The van der Waals surface area contributed by atoms with Gasteiger partial charge in [-0.15, -0.1) is 10.2 Å². The van der Waals surface area contributed by atoms with Gasteiger partial charge in [0.1, 0.15) is 5.69 Å². The number of carbonyl (C=O) groups excluding carboxylic acids is 1. The highest BCUT2D eigenvalue weighted by Gasteiger charge is 2.18. The molecule has 1 amide bonds. The maximum atomic E-state index is 12.2. The number of aryl methyl sites for hydroxylation is 1. The summed E-state index contributed by atoms with van der Waals surface area (Å²) in [7, 11) is 1.84. The summed E-state index contributed by atoms with van der Waals surface area (Å²) in [6.07, 6.45) is 3.16. The summed E-state index contributed by atoms with van der Waals surface area (Å²) in [6, 6.07) is 11.5. The van der Waals surface area contributed by atoms with Gasteiger partial charge in [-0.25, -0.2) is 4.79 Å². The van der Waals surface area contributed by atoms with E-state index in [0.29, 0.717) is 43.5 Å². The molecule has 1 aromatic carbocycles. The van der Waals surface area contributed by atoms with Crippen LogP contribution >= 0.6 is 0 Å². The molecule has 1 aliphatic heterocycles. The zero-order chi connectivity index (χ0) is 20.8. The van der Waals surface area contributed by atoms with E-state index in [-0.39, 0.29) is 12.8 Å². The van der Waals surface area contributed by atoms with Crippen molar-refractivity contribution in [2.24, 2.45) is 7.05 Å². The lowest BCUT2D eigenvalue weighted by Gasteiger charge is -2.26. The average Bonchev–Trinajstić information content (AvgIpc) is 3.19. The standard InChI is InChI=1S/C20H23N7O3/c1-26-13-16(12-22-26)23-18-11-17(19(25-24-18)15-5-3-2-4-6-15)21-14-30-20(28)27-7-9-29-10-8-27/h2-6,11-13H,7-10,14H2,1H3,(H2,21,23,24). The Morgan fingerprint density at radius 3 is 2.73 bits per heavy atom. The number of amides is 1. The number of nitrogens with zero attached hydrogens (tertiary/aromatic N) is 5. The third-order valence-corrected chi connectivity index (χ3v) is 4.55. The third-order valence-electron chi connectivity index (χ3n) is 4.55. The molecule has 0 spiro atoms. The number of rotatable bonds is 6. The van der Waals surface area contributed by atoms with Crippen LogP contribution in [0.15, 0.2) is 48.8 Å². The molecule has 4 rings (SSSR count). The van der Waals surface area contributed by atoms with Crippen molar-refractivity contribution in [2.45, 2.75) is 0 Å². The molecule has 10 heteroatoms. The maximum Gasteiger partial charge on any atom is 0.411 e. The normalized spacial score (nSPS) is 13.7. The number of ether oxygens (including phenoxy) is 2. The second-order valence-electron chi connectivity index (χ2n) is 6.72. The van der Waals surface area contributed by atoms with Gasteiger partial charge in [0, 0.05) is 38.0 Å². The van der Waals surface area contributed by atoms with E-state index in [1.807, 2.05) is 49.6 Å². The van der Waals surface area contributed by atoms with E-state index in [1.54, 1.807) is 15.8 Å². The van der Waals surface area contributed by atoms with Crippen LogP contribution in [0.4, 0.5) is 22.0 Å². The molecule has 0 unspecified atom stereocenters. The highest BCUT2D eigenvalue weighted by Crippen LogP contribution is 2.27. The maximum absolute atomic E-state index is 12.2. The topological polar surface area (TPSA) is 106 Å². The summed E-state index contributed by atoms with van der Waals surface area (Å²) < 4.78 is 12.3. The van der Waals surface area contributed by atoms with E-state index < -0.39 is 0 Å². The van der Waals surface area contributed by atoms with Crippen LogP contribution in [0.1, 0.15) is 0 Å². The third kappa shape index (κ3) is 4.84. The van der Waals surface area contributed by atoms with Crippen LogP contribution in [0, 0.1) is 0 Å². The number of nitrogens with one attached hydrogen (secondary N) is 2. The molecule has 10 nitrogen and oxygen atoms in total. The molecule has 0 atom stereocenters. The Balaban J connectivity index is 1.49. The summed E-state index contributed by atoms with van der Waals surface area (Å²) in [5.41, 5.74) is 3.05. The monoisotopic (exact) mass is 409 g/mol. The lowest BCUT2D eigenvalue weighted by Crippen LogP contribution is -2.41. The van der Waals surface area contributed by atoms with Gasteiger partial charge in [0.15, 0.2) is 12.5 Å². The Labute approximate surface area is 173 Å². The van der Waals surface area contributed by atoms with E-state index in [9.17, 15) is 4.79 Å². The smallest absolute Gasteiger partial charge is 0.411 e. The Kier molecular flexibility index (Phi) is 6.04. The van der Waals surface area contributed by atoms with Gasteiger partial charge in [-0.05, 0) is 0 Å². The molecule has 0 radical (unpaired) electrons. The number of anilines is 3. The fourth-order valence-electron chi connectivity index (χ4n) is 3.04. The average molecular weight is 409 g/mol. The predicted molar refractivity (Wildman–Crippen MR) is 111 cm³/mol. The number of hydrogen-bond acceptors (Lipinski definition) is 8. The number of morpholine rings is 1. The first kappa shape index (κ1) is 19.6. The highest BCUT2D eigenvalue weighted by molar-refractivity contribution is 5.76. The first-order valence-corrected chi connectivity index (χ1v) is 9.61. The molecule has 0 saturated carbocycles. The van der Waals surface area contributed by atoms with Crippen molar-refractivity contribution in [2.75, 3.05) is 43.7 Å². The van der Waals surface area contributed by atoms with Crippen molar-refractivity contribution in [1.29, 1.82) is 0 Å². The molecule has 156 valence electrons. The van der Waals surface area contributed by atoms with Gasteiger partial charge in [-0.1, -0.05) is 30.3 Å². The second-order valence-corrected chi connectivity index (χ2v) is 6.72. The molecule has 0 aliphatic carbocycles. The second kappa shape index (κ2) is 9.23. The molecule has 3 aromatic rings. The molecule has 3 heterocycles. The van der Waals surface area contributed by atoms with Gasteiger partial charge in [-0.2, -0.15) is 5.10 Å². The minimum absolute atomic E-state index is 0.00799. The van der Waals surface area contributed by atoms with Crippen LogP contribution < -0.4 is 10.6 Å². The highest BCUT2D eigenvalue weighted by atomic mass is 16.6. The van der Waals surface area contributed by atoms with Gasteiger partial charge >= 0.3 is 6.09 Å². The summed E-state index contributed by atoms with van der Waals surface area (Å²) in [4.78, 5) is 13.8. The number of hydrogen-bond donors (Lipinski definition) is 2. The Bertz CT molecular complexity index is 987. The zero-order valence-corrected chi connectivity index (χ0v) is 16.6. The van der Waals surface area contributed by atoms with Crippen molar-refractivity contribution >= 4 is 23.3 Å². The molecule has 2 aromatic heterocycles. The van der Waals surface area contributed by atoms with E-state index in [1.165, 1.54) is 0 Å². The lowest BCUT2D eigenvalue weighted by atomic mass is 10.1. The van der Waals surface area contributed by atoms with Crippen LogP contribution in [0.2, 0.25) is 0 Å². The van der Waals surface area contributed by atoms with Crippen LogP contribution in [-0.4, -0.2) is 64.0 Å². The van der Waals surface area contributed by atoms with Crippen molar-refractivity contribution in [1.82, 2.24) is 24.9 Å². The van der Waals surface area contributed by atoms with E-state index in [0.717, 1.165) is 11.3 Å². The molecule has 1 aliphatic rings. The van der Waals surface area contributed by atoms with Crippen LogP contribution in [0.25, 0.3) is 11.3 Å². The van der Waals surface area contributed by atoms with Crippen molar-refractivity contribution in [3.05, 3.63) is 48.8 Å². The van der Waals surface area contributed by atoms with Crippen molar-refractivity contribution < 1.29 is 14.3 Å². The van der Waals surface area contributed by atoms with Gasteiger partial charge in [-0.3, -0.25) is 4.68 Å². The van der Waals surface area contributed by atoms with Gasteiger partial charge in [0.2, 0.25) is 0 Å². The first-order chi connectivity index (χ1) is 14.7. The summed E-state index contributed by atoms with van der Waals surface area (Å²) >= 11 is 0. The fraction of sp³-hybridized carbons (Fsp3) is 0.300. The van der Waals surface area contributed by atoms with E-state index >= 15 is 0 Å². The van der Waals surface area contributed by atoms with E-state index in [2.05, 4.69) is 25.9 Å². The SMILES string of the molecule is Cn1cc(Nc2cc(NCOC(=O)N3CCOCC3)c(-c3ccccc3)nn2)cn1. The minimum Gasteiger partial charge on any atom is -0.428 e. The summed E-state index contributed by atoms with van der Waals surface area (Å²) in [6.45, 7) is 2.12. The predicted octanol–water partition coefficient (Wildman–Crippen LogP) is 2.46. The number of aromatic nitrogens is 4. The molecule has 1 saturated heterocycles. The molecule has 30 heavy (non-hydrogen) atoms. The summed E-state index contributed by atoms with van der Waals surface area (Å²) in [5.74, 6) is 0.546. The molecule has 2 N–H and O–H groups in total. The molecule has 0 bridgehead atoms. The quantitative estimate of drug-likeness (QED) is 0.598. The molecule has 1 fully saturated rings. The van der Waals surface area contributed by atoms with Gasteiger partial charge in [0.05, 0.1) is 30.8 Å². The Hall–Kier alpha value is -3.66. The number of benzene rings is 1. The summed E-state index contributed by atoms with van der Waals surface area (Å²) in [5, 5.41) is 19.1. The van der Waals surface area contributed by atoms with Crippen LogP contribution in [0.5, 0.6) is 0 Å². The van der Waals surface area contributed by atoms with E-state index in [4.69, 9.17) is 9.47 Å². The van der Waals surface area contributed by atoms with Crippen LogP contribution in [-0.2, 0) is 16.5 Å². The fourth-order valence-corrected chi connectivity index (χ4v) is 3.04. The van der Waals surface area contributed by atoms with Gasteiger partial charge < -0.3 is 25.0 Å².